The number of hydrogen-bond donors (Lipinski definition) is 0. The van der Waals surface area contributed by atoms with Crippen LogP contribution in [0, 0.1) is 0 Å². The molecule has 422 valence electrons. The molecule has 0 spiro atoms. The fraction of sp³-hybridized carbons (Fsp3) is 0.776. The Hall–Kier alpha value is -3.15. The normalized spacial score (nSPS) is 12.5. The van der Waals surface area contributed by atoms with Crippen molar-refractivity contribution in [2.75, 3.05) is 13.2 Å². The first-order valence-corrected chi connectivity index (χ1v) is 31.4. The van der Waals surface area contributed by atoms with E-state index in [1.54, 1.807) is 0 Å². The average Bonchev–Trinajstić information content (AvgIpc) is 3.39. The summed E-state index contributed by atoms with van der Waals surface area (Å²) in [6, 6.07) is 0. The predicted octanol–water partition coefficient (Wildman–Crippen LogP) is 21.3. The first-order chi connectivity index (χ1) is 36.0. The lowest BCUT2D eigenvalue weighted by Crippen LogP contribution is -2.30. The topological polar surface area (TPSA) is 78.9 Å². The molecule has 0 bridgehead atoms. The van der Waals surface area contributed by atoms with Crippen molar-refractivity contribution in [2.45, 2.75) is 322 Å². The van der Waals surface area contributed by atoms with E-state index < -0.39 is 6.10 Å². The summed E-state index contributed by atoms with van der Waals surface area (Å²) in [5.41, 5.74) is 0. The molecular formula is C67H118O6. The van der Waals surface area contributed by atoms with E-state index in [0.29, 0.717) is 19.3 Å². The smallest absolute Gasteiger partial charge is 0.306 e. The number of hydrogen-bond acceptors (Lipinski definition) is 6. The summed E-state index contributed by atoms with van der Waals surface area (Å²) in [6.07, 6.45) is 78.9. The molecule has 0 unspecified atom stereocenters. The Kier molecular flexibility index (Phi) is 58.7. The Bertz CT molecular complexity index is 1360. The Morgan fingerprint density at radius 1 is 0.274 bits per heavy atom. The Morgan fingerprint density at radius 3 is 0.808 bits per heavy atom. The van der Waals surface area contributed by atoms with Gasteiger partial charge in [-0.25, -0.2) is 0 Å². The van der Waals surface area contributed by atoms with Gasteiger partial charge in [-0.3, -0.25) is 14.4 Å². The number of esters is 3. The molecule has 0 aromatic carbocycles. The largest absolute Gasteiger partial charge is 0.462 e. The van der Waals surface area contributed by atoms with Crippen LogP contribution in [-0.4, -0.2) is 37.2 Å². The van der Waals surface area contributed by atoms with Crippen molar-refractivity contribution in [1.29, 1.82) is 0 Å². The SMILES string of the molecule is CCCCC/C=C\C/C=C\C/C=C\CCCCCCC(=O)O[C@H](COC(=O)CCCCCCCCCCC/C=C\C/C=C\CCCCC)COC(=O)CCCCCCCCCCC/C=C\CCCCCCCC. The third kappa shape index (κ3) is 59.6. The number of unbranched alkanes of at least 4 members (excludes halogenated alkanes) is 34. The van der Waals surface area contributed by atoms with Crippen LogP contribution in [0.2, 0.25) is 0 Å². The van der Waals surface area contributed by atoms with Gasteiger partial charge in [0.1, 0.15) is 13.2 Å². The van der Waals surface area contributed by atoms with Gasteiger partial charge >= 0.3 is 17.9 Å². The molecule has 0 radical (unpaired) electrons. The second-order valence-electron chi connectivity index (χ2n) is 21.0. The van der Waals surface area contributed by atoms with Gasteiger partial charge < -0.3 is 14.2 Å². The molecular weight excluding hydrogens is 901 g/mol. The monoisotopic (exact) mass is 1020 g/mol. The van der Waals surface area contributed by atoms with E-state index in [0.717, 1.165) is 89.9 Å². The van der Waals surface area contributed by atoms with E-state index in [-0.39, 0.29) is 31.1 Å². The van der Waals surface area contributed by atoms with Crippen molar-refractivity contribution in [3.63, 3.8) is 0 Å². The average molecular weight is 1020 g/mol. The summed E-state index contributed by atoms with van der Waals surface area (Å²) in [6.45, 7) is 6.59. The van der Waals surface area contributed by atoms with Crippen molar-refractivity contribution >= 4 is 17.9 Å². The second kappa shape index (κ2) is 61.4. The maximum absolute atomic E-state index is 12.9. The van der Waals surface area contributed by atoms with E-state index in [9.17, 15) is 14.4 Å². The van der Waals surface area contributed by atoms with Crippen LogP contribution in [0.4, 0.5) is 0 Å². The second-order valence-corrected chi connectivity index (χ2v) is 21.0. The van der Waals surface area contributed by atoms with Crippen LogP contribution in [0.3, 0.4) is 0 Å². The zero-order valence-corrected chi connectivity index (χ0v) is 48.4. The molecule has 0 saturated heterocycles. The highest BCUT2D eigenvalue weighted by Gasteiger charge is 2.19. The molecule has 73 heavy (non-hydrogen) atoms. The first kappa shape index (κ1) is 69.8. The van der Waals surface area contributed by atoms with Crippen LogP contribution in [0.25, 0.3) is 0 Å². The summed E-state index contributed by atoms with van der Waals surface area (Å²) in [7, 11) is 0. The van der Waals surface area contributed by atoms with Crippen LogP contribution in [0.15, 0.2) is 72.9 Å². The minimum Gasteiger partial charge on any atom is -0.462 e. The van der Waals surface area contributed by atoms with E-state index in [1.807, 2.05) is 0 Å². The lowest BCUT2D eigenvalue weighted by atomic mass is 10.1. The number of carbonyl (C=O) groups is 3. The van der Waals surface area contributed by atoms with E-state index in [2.05, 4.69) is 93.7 Å². The molecule has 0 amide bonds. The summed E-state index contributed by atoms with van der Waals surface area (Å²) < 4.78 is 16.9. The van der Waals surface area contributed by atoms with Gasteiger partial charge in [0.15, 0.2) is 6.10 Å². The zero-order valence-electron chi connectivity index (χ0n) is 48.4. The van der Waals surface area contributed by atoms with Crippen LogP contribution < -0.4 is 0 Å². The molecule has 0 aromatic rings. The molecule has 0 aliphatic rings. The molecule has 0 N–H and O–H groups in total. The van der Waals surface area contributed by atoms with Crippen LogP contribution in [0.5, 0.6) is 0 Å². The van der Waals surface area contributed by atoms with Gasteiger partial charge in [-0.2, -0.15) is 0 Å². The van der Waals surface area contributed by atoms with Crippen LogP contribution in [-0.2, 0) is 28.6 Å². The highest BCUT2D eigenvalue weighted by atomic mass is 16.6. The molecule has 1 atom stereocenters. The number of ether oxygens (including phenoxy) is 3. The number of rotatable bonds is 57. The highest BCUT2D eigenvalue weighted by molar-refractivity contribution is 5.71. The molecule has 0 aliphatic heterocycles. The fourth-order valence-corrected chi connectivity index (χ4v) is 8.89. The first-order valence-electron chi connectivity index (χ1n) is 31.4. The van der Waals surface area contributed by atoms with Crippen molar-refractivity contribution in [3.8, 4) is 0 Å². The fourth-order valence-electron chi connectivity index (χ4n) is 8.89. The number of allylic oxidation sites excluding steroid dienone is 12. The van der Waals surface area contributed by atoms with Crippen LogP contribution >= 0.6 is 0 Å². The van der Waals surface area contributed by atoms with E-state index in [4.69, 9.17) is 14.2 Å². The summed E-state index contributed by atoms with van der Waals surface area (Å²) in [5.74, 6) is -0.900. The van der Waals surface area contributed by atoms with Crippen LogP contribution in [0.1, 0.15) is 316 Å². The van der Waals surface area contributed by atoms with Gasteiger partial charge in [0.2, 0.25) is 0 Å². The molecule has 6 nitrogen and oxygen atoms in total. The standard InChI is InChI=1S/C67H118O6/c1-4-7-10-13-16-19-22-25-28-31-33-36-38-41-44-47-50-53-56-59-65(68)71-62-64(73-67(70)61-58-55-52-49-46-43-40-35-30-27-24-21-18-15-12-9-6-3)63-72-66(69)60-57-54-51-48-45-42-39-37-34-32-29-26-23-20-17-14-11-8-5-2/h16,18-19,21,25-30,40,43,64H,4-15,17,20,22-24,31-39,41-42,44-63H2,1-3H3/b19-16-,21-18-,28-25-,29-26-,30-27-,43-40-/t64-/m1/s1. The molecule has 6 heteroatoms. The Labute approximate surface area is 453 Å². The molecule has 0 fully saturated rings. The van der Waals surface area contributed by atoms with Crippen molar-refractivity contribution < 1.29 is 28.6 Å². The Morgan fingerprint density at radius 2 is 0.493 bits per heavy atom. The van der Waals surface area contributed by atoms with Gasteiger partial charge in [-0.05, 0) is 116 Å². The molecule has 0 saturated carbocycles. The third-order valence-corrected chi connectivity index (χ3v) is 13.7. The van der Waals surface area contributed by atoms with Crippen molar-refractivity contribution in [1.82, 2.24) is 0 Å². The lowest BCUT2D eigenvalue weighted by Gasteiger charge is -2.18. The van der Waals surface area contributed by atoms with E-state index in [1.165, 1.54) is 186 Å². The maximum atomic E-state index is 12.9. The summed E-state index contributed by atoms with van der Waals surface area (Å²) in [4.78, 5) is 38.3. The quantitative estimate of drug-likeness (QED) is 0.0261. The summed E-state index contributed by atoms with van der Waals surface area (Å²) >= 11 is 0. The number of carbonyl (C=O) groups excluding carboxylic acids is 3. The Balaban J connectivity index is 4.40. The third-order valence-electron chi connectivity index (χ3n) is 13.7. The van der Waals surface area contributed by atoms with Gasteiger partial charge in [-0.15, -0.1) is 0 Å². The molecule has 0 aromatic heterocycles. The zero-order chi connectivity index (χ0) is 52.9. The van der Waals surface area contributed by atoms with Crippen molar-refractivity contribution in [3.05, 3.63) is 72.9 Å². The lowest BCUT2D eigenvalue weighted by molar-refractivity contribution is -0.167. The maximum Gasteiger partial charge on any atom is 0.306 e. The minimum atomic E-state index is -0.791. The van der Waals surface area contributed by atoms with Gasteiger partial charge in [-0.1, -0.05) is 254 Å². The van der Waals surface area contributed by atoms with Gasteiger partial charge in [0, 0.05) is 19.3 Å². The minimum absolute atomic E-state index is 0.0857. The molecule has 0 rings (SSSR count). The van der Waals surface area contributed by atoms with Gasteiger partial charge in [0.05, 0.1) is 0 Å². The van der Waals surface area contributed by atoms with Gasteiger partial charge in [0.25, 0.3) is 0 Å². The summed E-state index contributed by atoms with van der Waals surface area (Å²) in [5, 5.41) is 0. The van der Waals surface area contributed by atoms with E-state index >= 15 is 0 Å². The predicted molar refractivity (Wildman–Crippen MR) is 316 cm³/mol. The molecule has 0 heterocycles. The molecule has 0 aliphatic carbocycles. The van der Waals surface area contributed by atoms with Crippen molar-refractivity contribution in [2.24, 2.45) is 0 Å². The highest BCUT2D eigenvalue weighted by Crippen LogP contribution is 2.16.